The van der Waals surface area contributed by atoms with Crippen molar-refractivity contribution >= 4 is 58.4 Å². The molecule has 23 heavy (non-hydrogen) atoms. The van der Waals surface area contributed by atoms with Crippen molar-refractivity contribution in [2.45, 2.75) is 4.75 Å². The van der Waals surface area contributed by atoms with E-state index < -0.39 is 0 Å². The zero-order chi connectivity index (χ0) is 16.1. The van der Waals surface area contributed by atoms with E-state index in [2.05, 4.69) is 48.2 Å². The van der Waals surface area contributed by atoms with Crippen LogP contribution in [0.3, 0.4) is 0 Å². The average molecular weight is 395 g/mol. The SMILES string of the molecule is C=CCSC1=CSC(=C2C=CCS2)C1(SCC=C)c1cccs1. The van der Waals surface area contributed by atoms with E-state index in [9.17, 15) is 0 Å². The lowest BCUT2D eigenvalue weighted by Crippen LogP contribution is -2.22. The lowest BCUT2D eigenvalue weighted by molar-refractivity contribution is 0.998. The molecule has 0 amide bonds. The summed E-state index contributed by atoms with van der Waals surface area (Å²) in [5.74, 6) is 2.97. The summed E-state index contributed by atoms with van der Waals surface area (Å²) >= 11 is 9.59. The second-order valence-corrected chi connectivity index (χ2v) is 10.0. The van der Waals surface area contributed by atoms with Crippen molar-refractivity contribution < 1.29 is 0 Å². The van der Waals surface area contributed by atoms with Crippen molar-refractivity contribution in [3.05, 3.63) is 80.0 Å². The molecule has 1 aromatic heterocycles. The van der Waals surface area contributed by atoms with Crippen LogP contribution in [0.4, 0.5) is 0 Å². The van der Waals surface area contributed by atoms with Crippen LogP contribution in [0, 0.1) is 0 Å². The molecule has 1 atom stereocenters. The second-order valence-electron chi connectivity index (χ2n) is 4.86. The Hall–Kier alpha value is -0.200. The zero-order valence-electron chi connectivity index (χ0n) is 12.7. The van der Waals surface area contributed by atoms with Crippen LogP contribution in [0.5, 0.6) is 0 Å². The van der Waals surface area contributed by atoms with Crippen LogP contribution < -0.4 is 0 Å². The number of allylic oxidation sites excluding steroid dienone is 1. The smallest absolute Gasteiger partial charge is 0.114 e. The Morgan fingerprint density at radius 1 is 1.26 bits per heavy atom. The molecule has 0 radical (unpaired) electrons. The first kappa shape index (κ1) is 17.6. The molecule has 5 heteroatoms. The fourth-order valence-electron chi connectivity index (χ4n) is 2.49. The van der Waals surface area contributed by atoms with E-state index in [4.69, 9.17) is 0 Å². The molecule has 3 rings (SSSR count). The van der Waals surface area contributed by atoms with Crippen LogP contribution in [0.25, 0.3) is 0 Å². The third-order valence-corrected chi connectivity index (χ3v) is 9.82. The van der Waals surface area contributed by atoms with Crippen LogP contribution in [-0.4, -0.2) is 17.3 Å². The van der Waals surface area contributed by atoms with Gasteiger partial charge in [-0.3, -0.25) is 0 Å². The summed E-state index contributed by atoms with van der Waals surface area (Å²) in [6.45, 7) is 7.83. The standard InChI is InChI=1S/C18H18S5/c1-3-9-20-16-13-22-17(14-7-5-11-19-14)18(16,23-10-4-2)15-8-6-12-21-15/h3-8,12-13H,1-2,9-11H2. The normalized spacial score (nSPS) is 26.5. The maximum atomic E-state index is 3.94. The van der Waals surface area contributed by atoms with E-state index in [-0.39, 0.29) is 4.75 Å². The third-order valence-electron chi connectivity index (χ3n) is 3.42. The van der Waals surface area contributed by atoms with Gasteiger partial charge in [-0.15, -0.1) is 59.8 Å². The summed E-state index contributed by atoms with van der Waals surface area (Å²) < 4.78 is -0.0717. The molecule has 120 valence electrons. The number of rotatable bonds is 7. The van der Waals surface area contributed by atoms with Gasteiger partial charge in [0.2, 0.25) is 0 Å². The van der Waals surface area contributed by atoms with Crippen molar-refractivity contribution in [1.29, 1.82) is 0 Å². The molecule has 3 heterocycles. The molecular formula is C18H18S5. The summed E-state index contributed by atoms with van der Waals surface area (Å²) in [5, 5.41) is 4.53. The van der Waals surface area contributed by atoms with Crippen LogP contribution >= 0.6 is 58.4 Å². The highest BCUT2D eigenvalue weighted by molar-refractivity contribution is 8.13. The molecule has 0 saturated carbocycles. The fourth-order valence-corrected chi connectivity index (χ4v) is 8.95. The highest BCUT2D eigenvalue weighted by atomic mass is 32.2. The topological polar surface area (TPSA) is 0 Å². The van der Waals surface area contributed by atoms with Gasteiger partial charge in [0.15, 0.2) is 0 Å². The molecule has 0 saturated heterocycles. The van der Waals surface area contributed by atoms with Gasteiger partial charge in [0.25, 0.3) is 0 Å². The zero-order valence-corrected chi connectivity index (χ0v) is 16.8. The molecule has 0 nitrogen and oxygen atoms in total. The lowest BCUT2D eigenvalue weighted by atomic mass is 10.1. The summed E-state index contributed by atoms with van der Waals surface area (Å²) in [6, 6.07) is 4.44. The first-order chi connectivity index (χ1) is 11.3. The number of thiophene rings is 1. The van der Waals surface area contributed by atoms with Crippen LogP contribution in [0.2, 0.25) is 0 Å². The Bertz CT molecular complexity index is 666. The fraction of sp³-hybridized carbons (Fsp3) is 0.222. The minimum Gasteiger partial charge on any atom is -0.147 e. The molecule has 0 fully saturated rings. The van der Waals surface area contributed by atoms with E-state index in [0.29, 0.717) is 0 Å². The number of hydrogen-bond acceptors (Lipinski definition) is 5. The molecule has 0 aromatic carbocycles. The first-order valence-corrected chi connectivity index (χ1v) is 12.0. The molecule has 0 bridgehead atoms. The Balaban J connectivity index is 2.11. The summed E-state index contributed by atoms with van der Waals surface area (Å²) in [4.78, 5) is 5.74. The highest BCUT2D eigenvalue weighted by Crippen LogP contribution is 2.64. The monoisotopic (exact) mass is 394 g/mol. The van der Waals surface area contributed by atoms with Gasteiger partial charge in [0.05, 0.1) is 0 Å². The Morgan fingerprint density at radius 3 is 2.78 bits per heavy atom. The van der Waals surface area contributed by atoms with Crippen molar-refractivity contribution in [3.63, 3.8) is 0 Å². The minimum absolute atomic E-state index is 0.0717. The van der Waals surface area contributed by atoms with Gasteiger partial charge in [-0.2, -0.15) is 0 Å². The predicted octanol–water partition coefficient (Wildman–Crippen LogP) is 6.88. The lowest BCUT2D eigenvalue weighted by Gasteiger charge is -2.32. The first-order valence-electron chi connectivity index (χ1n) is 7.27. The van der Waals surface area contributed by atoms with E-state index in [1.54, 1.807) is 0 Å². The molecule has 1 aromatic rings. The molecule has 2 aliphatic heterocycles. The van der Waals surface area contributed by atoms with Crippen LogP contribution in [-0.2, 0) is 4.75 Å². The quantitative estimate of drug-likeness (QED) is 0.462. The molecule has 2 aliphatic rings. The summed E-state index contributed by atoms with van der Waals surface area (Å²) in [7, 11) is 0. The number of hydrogen-bond donors (Lipinski definition) is 0. The van der Waals surface area contributed by atoms with Crippen LogP contribution in [0.1, 0.15) is 4.88 Å². The Morgan fingerprint density at radius 2 is 2.13 bits per heavy atom. The Kier molecular flexibility index (Phi) is 6.32. The number of thioether (sulfide) groups is 4. The maximum absolute atomic E-state index is 3.94. The third kappa shape index (κ3) is 3.45. The van der Waals surface area contributed by atoms with Crippen molar-refractivity contribution in [2.24, 2.45) is 0 Å². The largest absolute Gasteiger partial charge is 0.147 e. The minimum atomic E-state index is -0.0717. The molecule has 0 spiro atoms. The maximum Gasteiger partial charge on any atom is 0.114 e. The van der Waals surface area contributed by atoms with E-state index in [0.717, 1.165) is 17.3 Å². The molecular weight excluding hydrogens is 377 g/mol. The van der Waals surface area contributed by atoms with Crippen molar-refractivity contribution in [3.8, 4) is 0 Å². The predicted molar refractivity (Wildman–Crippen MR) is 116 cm³/mol. The van der Waals surface area contributed by atoms with Crippen molar-refractivity contribution in [2.75, 3.05) is 17.3 Å². The molecule has 0 aliphatic carbocycles. The van der Waals surface area contributed by atoms with Crippen molar-refractivity contribution in [1.82, 2.24) is 0 Å². The van der Waals surface area contributed by atoms with Crippen LogP contribution in [0.15, 0.2) is 75.1 Å². The second kappa shape index (κ2) is 8.26. The van der Waals surface area contributed by atoms with Gasteiger partial charge in [0.1, 0.15) is 4.75 Å². The van der Waals surface area contributed by atoms with Gasteiger partial charge in [-0.25, -0.2) is 0 Å². The van der Waals surface area contributed by atoms with E-state index >= 15 is 0 Å². The van der Waals surface area contributed by atoms with Gasteiger partial charge >= 0.3 is 0 Å². The molecule has 1 unspecified atom stereocenters. The average Bonchev–Trinajstić information content (AvgIpc) is 3.30. The summed E-state index contributed by atoms with van der Waals surface area (Å²) in [6.07, 6.45) is 8.56. The highest BCUT2D eigenvalue weighted by Gasteiger charge is 2.46. The van der Waals surface area contributed by atoms with Gasteiger partial charge in [-0.1, -0.05) is 42.1 Å². The van der Waals surface area contributed by atoms with Gasteiger partial charge in [-0.05, 0) is 16.9 Å². The van der Waals surface area contributed by atoms with E-state index in [1.165, 1.54) is 19.6 Å². The molecule has 0 N–H and O–H groups in total. The van der Waals surface area contributed by atoms with E-state index in [1.807, 2.05) is 70.5 Å². The van der Waals surface area contributed by atoms with Gasteiger partial charge in [0, 0.05) is 36.9 Å². The van der Waals surface area contributed by atoms with Gasteiger partial charge < -0.3 is 0 Å². The Labute approximate surface area is 159 Å². The summed E-state index contributed by atoms with van der Waals surface area (Å²) in [5.41, 5.74) is 0.